The first-order valence-corrected chi connectivity index (χ1v) is 7.13. The molecule has 2 rings (SSSR count). The van der Waals surface area contributed by atoms with Crippen LogP contribution in [-0.4, -0.2) is 9.37 Å². The molecule has 96 valence electrons. The Morgan fingerprint density at radius 3 is 2.83 bits per heavy atom. The standard InChI is InChI=1S/C12H11ClFNO2S/c1-8-5-9(17-15-8)6-18(16)7-10-11(13)3-2-4-12(10)14/h2-5H,6-7H2,1H3. The van der Waals surface area contributed by atoms with E-state index in [0.29, 0.717) is 5.76 Å². The van der Waals surface area contributed by atoms with Gasteiger partial charge < -0.3 is 4.52 Å². The quantitative estimate of drug-likeness (QED) is 0.867. The second kappa shape index (κ2) is 5.63. The normalized spacial score (nSPS) is 12.6. The minimum absolute atomic E-state index is 0.0608. The zero-order valence-electron chi connectivity index (χ0n) is 9.65. The third-order valence-electron chi connectivity index (χ3n) is 2.35. The van der Waals surface area contributed by atoms with Gasteiger partial charge in [0.15, 0.2) is 0 Å². The Labute approximate surface area is 111 Å². The zero-order valence-corrected chi connectivity index (χ0v) is 11.2. The topological polar surface area (TPSA) is 43.1 Å². The average molecular weight is 288 g/mol. The van der Waals surface area contributed by atoms with E-state index in [1.54, 1.807) is 19.1 Å². The Kier molecular flexibility index (Phi) is 4.14. The van der Waals surface area contributed by atoms with E-state index in [0.717, 1.165) is 5.69 Å². The van der Waals surface area contributed by atoms with Crippen molar-refractivity contribution in [1.82, 2.24) is 5.16 Å². The summed E-state index contributed by atoms with van der Waals surface area (Å²) in [5.41, 5.74) is 1.000. The maximum absolute atomic E-state index is 13.5. The van der Waals surface area contributed by atoms with Crippen molar-refractivity contribution in [3.05, 3.63) is 52.1 Å². The number of hydrogen-bond acceptors (Lipinski definition) is 3. The Morgan fingerprint density at radius 2 is 2.22 bits per heavy atom. The molecule has 1 heterocycles. The molecule has 0 saturated carbocycles. The van der Waals surface area contributed by atoms with Gasteiger partial charge in [0, 0.05) is 27.5 Å². The molecule has 0 fully saturated rings. The Bertz CT molecular complexity index is 565. The molecular formula is C12H11ClFNO2S. The summed E-state index contributed by atoms with van der Waals surface area (Å²) >= 11 is 5.87. The molecule has 0 amide bonds. The van der Waals surface area contributed by atoms with Gasteiger partial charge in [-0.25, -0.2) is 4.39 Å². The van der Waals surface area contributed by atoms with E-state index in [9.17, 15) is 8.60 Å². The van der Waals surface area contributed by atoms with Crippen molar-refractivity contribution in [3.8, 4) is 0 Å². The van der Waals surface area contributed by atoms with E-state index < -0.39 is 16.6 Å². The molecule has 0 radical (unpaired) electrons. The van der Waals surface area contributed by atoms with Crippen LogP contribution in [0.1, 0.15) is 17.0 Å². The highest BCUT2D eigenvalue weighted by Gasteiger charge is 2.13. The van der Waals surface area contributed by atoms with E-state index >= 15 is 0 Å². The Hall–Kier alpha value is -1.20. The maximum Gasteiger partial charge on any atom is 0.149 e. The lowest BCUT2D eigenvalue weighted by Crippen LogP contribution is -2.01. The van der Waals surface area contributed by atoms with Crippen LogP contribution in [-0.2, 0) is 22.3 Å². The summed E-state index contributed by atoms with van der Waals surface area (Å²) in [6.45, 7) is 1.78. The molecule has 1 atom stereocenters. The summed E-state index contributed by atoms with van der Waals surface area (Å²) in [5, 5.41) is 3.99. The molecule has 18 heavy (non-hydrogen) atoms. The fraction of sp³-hybridized carbons (Fsp3) is 0.250. The molecule has 0 aliphatic carbocycles. The molecule has 0 aliphatic heterocycles. The van der Waals surface area contributed by atoms with Crippen molar-refractivity contribution in [2.24, 2.45) is 0 Å². The number of aryl methyl sites for hydroxylation is 1. The van der Waals surface area contributed by atoms with E-state index in [1.165, 1.54) is 12.1 Å². The van der Waals surface area contributed by atoms with Crippen molar-refractivity contribution in [3.63, 3.8) is 0 Å². The zero-order chi connectivity index (χ0) is 13.1. The first-order valence-electron chi connectivity index (χ1n) is 5.26. The number of benzene rings is 1. The first-order chi connectivity index (χ1) is 8.56. The molecule has 0 saturated heterocycles. The van der Waals surface area contributed by atoms with Gasteiger partial charge in [-0.3, -0.25) is 4.21 Å². The highest BCUT2D eigenvalue weighted by atomic mass is 35.5. The highest BCUT2D eigenvalue weighted by molar-refractivity contribution is 7.83. The van der Waals surface area contributed by atoms with Crippen molar-refractivity contribution in [2.75, 3.05) is 0 Å². The largest absolute Gasteiger partial charge is 0.360 e. The van der Waals surface area contributed by atoms with Gasteiger partial charge in [-0.1, -0.05) is 22.8 Å². The number of rotatable bonds is 4. The number of aromatic nitrogens is 1. The monoisotopic (exact) mass is 287 g/mol. The maximum atomic E-state index is 13.5. The highest BCUT2D eigenvalue weighted by Crippen LogP contribution is 2.21. The Balaban J connectivity index is 2.08. The van der Waals surface area contributed by atoms with Crippen LogP contribution in [0.5, 0.6) is 0 Å². The van der Waals surface area contributed by atoms with Crippen molar-refractivity contribution >= 4 is 22.4 Å². The SMILES string of the molecule is Cc1cc(CS(=O)Cc2c(F)cccc2Cl)on1. The van der Waals surface area contributed by atoms with Crippen molar-refractivity contribution < 1.29 is 13.1 Å². The van der Waals surface area contributed by atoms with E-state index in [4.69, 9.17) is 16.1 Å². The molecule has 6 heteroatoms. The summed E-state index contributed by atoms with van der Waals surface area (Å²) in [5.74, 6) is 0.347. The molecule has 0 aliphatic rings. The molecule has 1 aromatic heterocycles. The van der Waals surface area contributed by atoms with Crippen LogP contribution in [0.15, 0.2) is 28.8 Å². The molecule has 0 spiro atoms. The lowest BCUT2D eigenvalue weighted by Gasteiger charge is -2.04. The van der Waals surface area contributed by atoms with Gasteiger partial charge >= 0.3 is 0 Å². The average Bonchev–Trinajstić information content (AvgIpc) is 2.69. The lowest BCUT2D eigenvalue weighted by atomic mass is 10.2. The van der Waals surface area contributed by atoms with Crippen LogP contribution < -0.4 is 0 Å². The first kappa shape index (κ1) is 13.2. The minimum atomic E-state index is -1.29. The summed E-state index contributed by atoms with van der Waals surface area (Å²) in [6.07, 6.45) is 0. The van der Waals surface area contributed by atoms with Crippen molar-refractivity contribution in [1.29, 1.82) is 0 Å². The van der Waals surface area contributed by atoms with E-state index in [1.807, 2.05) is 0 Å². The Morgan fingerprint density at radius 1 is 1.44 bits per heavy atom. The van der Waals surface area contributed by atoms with Gasteiger partial charge in [0.1, 0.15) is 11.6 Å². The van der Waals surface area contributed by atoms with Gasteiger partial charge in [0.2, 0.25) is 0 Å². The van der Waals surface area contributed by atoms with Gasteiger partial charge in [0.05, 0.1) is 17.2 Å². The number of halogens is 2. The van der Waals surface area contributed by atoms with Crippen LogP contribution in [0.3, 0.4) is 0 Å². The summed E-state index contributed by atoms with van der Waals surface area (Å²) in [4.78, 5) is 0. The lowest BCUT2D eigenvalue weighted by molar-refractivity contribution is 0.390. The van der Waals surface area contributed by atoms with Gasteiger partial charge in [-0.05, 0) is 19.1 Å². The predicted molar refractivity (Wildman–Crippen MR) is 68.2 cm³/mol. The predicted octanol–water partition coefficient (Wildman–Crippen LogP) is 3.22. The van der Waals surface area contributed by atoms with Crippen molar-refractivity contribution in [2.45, 2.75) is 18.4 Å². The van der Waals surface area contributed by atoms with Crippen LogP contribution in [0, 0.1) is 12.7 Å². The fourth-order valence-electron chi connectivity index (χ4n) is 1.53. The summed E-state index contributed by atoms with van der Waals surface area (Å²) < 4.78 is 30.4. The summed E-state index contributed by atoms with van der Waals surface area (Å²) in [7, 11) is -1.29. The molecule has 0 bridgehead atoms. The number of nitrogens with zero attached hydrogens (tertiary/aromatic N) is 1. The van der Waals surface area contributed by atoms with Gasteiger partial charge in [-0.2, -0.15) is 0 Å². The van der Waals surface area contributed by atoms with Crippen LogP contribution in [0.4, 0.5) is 4.39 Å². The number of hydrogen-bond donors (Lipinski definition) is 0. The second-order valence-electron chi connectivity index (χ2n) is 3.86. The van der Waals surface area contributed by atoms with Crippen LogP contribution >= 0.6 is 11.6 Å². The molecular weight excluding hydrogens is 277 g/mol. The minimum Gasteiger partial charge on any atom is -0.360 e. The smallest absolute Gasteiger partial charge is 0.149 e. The molecule has 2 aromatic rings. The van der Waals surface area contributed by atoms with E-state index in [2.05, 4.69) is 5.16 Å². The van der Waals surface area contributed by atoms with Crippen LogP contribution in [0.25, 0.3) is 0 Å². The molecule has 0 N–H and O–H groups in total. The fourth-order valence-corrected chi connectivity index (χ4v) is 3.01. The third-order valence-corrected chi connectivity index (χ3v) is 3.92. The van der Waals surface area contributed by atoms with Gasteiger partial charge in [-0.15, -0.1) is 0 Å². The second-order valence-corrected chi connectivity index (χ2v) is 5.73. The van der Waals surface area contributed by atoms with Gasteiger partial charge in [0.25, 0.3) is 0 Å². The van der Waals surface area contributed by atoms with Crippen LogP contribution in [0.2, 0.25) is 5.02 Å². The molecule has 1 aromatic carbocycles. The molecule has 1 unspecified atom stereocenters. The summed E-state index contributed by atoms with van der Waals surface area (Å²) in [6, 6.07) is 6.11. The van der Waals surface area contributed by atoms with E-state index in [-0.39, 0.29) is 22.1 Å². The third kappa shape index (κ3) is 3.17. The molecule has 3 nitrogen and oxygen atoms in total.